The Labute approximate surface area is 159 Å². The summed E-state index contributed by atoms with van der Waals surface area (Å²) in [6.07, 6.45) is 0.659. The van der Waals surface area contributed by atoms with Crippen molar-refractivity contribution in [1.82, 2.24) is 19.3 Å². The Bertz CT molecular complexity index is 931. The summed E-state index contributed by atoms with van der Waals surface area (Å²) in [7, 11) is -3.55. The first kappa shape index (κ1) is 19.5. The molecular weight excluding hydrogens is 368 g/mol. The first-order valence-corrected chi connectivity index (χ1v) is 10.4. The first-order valence-electron chi connectivity index (χ1n) is 8.92. The SMILES string of the molecule is Cc1ccc(C)c(S(=O)(=O)N2CCN(C(=O)CCc3nc(C)no3)CC2)c1. The molecule has 1 saturated heterocycles. The lowest BCUT2D eigenvalue weighted by atomic mass is 10.2. The van der Waals surface area contributed by atoms with Crippen molar-refractivity contribution >= 4 is 15.9 Å². The summed E-state index contributed by atoms with van der Waals surface area (Å²) >= 11 is 0. The van der Waals surface area contributed by atoms with Crippen molar-refractivity contribution < 1.29 is 17.7 Å². The Morgan fingerprint density at radius 2 is 1.85 bits per heavy atom. The van der Waals surface area contributed by atoms with Gasteiger partial charge in [-0.25, -0.2) is 8.42 Å². The number of nitrogens with zero attached hydrogens (tertiary/aromatic N) is 4. The molecule has 1 aliphatic heterocycles. The van der Waals surface area contributed by atoms with Gasteiger partial charge >= 0.3 is 0 Å². The monoisotopic (exact) mass is 392 g/mol. The van der Waals surface area contributed by atoms with Crippen LogP contribution in [0.3, 0.4) is 0 Å². The number of carbonyl (C=O) groups is 1. The molecule has 1 fully saturated rings. The van der Waals surface area contributed by atoms with Crippen LogP contribution in [0.4, 0.5) is 0 Å². The number of hydrogen-bond acceptors (Lipinski definition) is 6. The fourth-order valence-electron chi connectivity index (χ4n) is 3.12. The van der Waals surface area contributed by atoms with Crippen molar-refractivity contribution in [3.8, 4) is 0 Å². The lowest BCUT2D eigenvalue weighted by Gasteiger charge is -2.34. The molecule has 146 valence electrons. The second kappa shape index (κ2) is 7.77. The van der Waals surface area contributed by atoms with Crippen LogP contribution in [-0.2, 0) is 21.2 Å². The topological polar surface area (TPSA) is 96.6 Å². The second-order valence-corrected chi connectivity index (χ2v) is 8.70. The molecule has 8 nitrogen and oxygen atoms in total. The Morgan fingerprint density at radius 1 is 1.15 bits per heavy atom. The van der Waals surface area contributed by atoms with Gasteiger partial charge in [0, 0.05) is 39.0 Å². The predicted octanol–water partition coefficient (Wildman–Crippen LogP) is 1.46. The van der Waals surface area contributed by atoms with Crippen molar-refractivity contribution in [2.24, 2.45) is 0 Å². The van der Waals surface area contributed by atoms with Gasteiger partial charge in [-0.2, -0.15) is 9.29 Å². The molecule has 0 N–H and O–H groups in total. The second-order valence-electron chi connectivity index (χ2n) is 6.79. The zero-order chi connectivity index (χ0) is 19.6. The standard InChI is InChI=1S/C18H24N4O4S/c1-13-4-5-14(2)16(12-13)27(24,25)22-10-8-21(9-11-22)18(23)7-6-17-19-15(3)20-26-17/h4-5,12H,6-11H2,1-3H3. The van der Waals surface area contributed by atoms with E-state index < -0.39 is 10.0 Å². The molecule has 9 heteroatoms. The predicted molar refractivity (Wildman–Crippen MR) is 98.6 cm³/mol. The maximum atomic E-state index is 12.9. The molecule has 27 heavy (non-hydrogen) atoms. The van der Waals surface area contributed by atoms with E-state index in [1.165, 1.54) is 4.31 Å². The third-order valence-electron chi connectivity index (χ3n) is 4.68. The third-order valence-corrected chi connectivity index (χ3v) is 6.72. The molecule has 0 saturated carbocycles. The molecule has 0 unspecified atom stereocenters. The van der Waals surface area contributed by atoms with Crippen LogP contribution in [0.2, 0.25) is 0 Å². The molecule has 0 bridgehead atoms. The highest BCUT2D eigenvalue weighted by Crippen LogP contribution is 2.22. The molecule has 2 heterocycles. The zero-order valence-corrected chi connectivity index (χ0v) is 16.6. The van der Waals surface area contributed by atoms with Gasteiger partial charge in [-0.3, -0.25) is 4.79 Å². The highest BCUT2D eigenvalue weighted by atomic mass is 32.2. The average molecular weight is 392 g/mol. The van der Waals surface area contributed by atoms with E-state index >= 15 is 0 Å². The Balaban J connectivity index is 1.59. The van der Waals surface area contributed by atoms with Crippen LogP contribution in [-0.4, -0.2) is 59.8 Å². The fourth-order valence-corrected chi connectivity index (χ4v) is 4.85. The van der Waals surface area contributed by atoms with Gasteiger partial charge in [-0.05, 0) is 38.0 Å². The Kier molecular flexibility index (Phi) is 5.61. The molecule has 1 aliphatic rings. The number of piperazine rings is 1. The van der Waals surface area contributed by atoms with Crippen molar-refractivity contribution in [1.29, 1.82) is 0 Å². The number of carbonyl (C=O) groups excluding carboxylic acids is 1. The highest BCUT2D eigenvalue weighted by molar-refractivity contribution is 7.89. The number of aromatic nitrogens is 2. The number of rotatable bonds is 5. The van der Waals surface area contributed by atoms with Crippen molar-refractivity contribution in [2.75, 3.05) is 26.2 Å². The van der Waals surface area contributed by atoms with Gasteiger partial charge in [0.1, 0.15) is 0 Å². The van der Waals surface area contributed by atoms with Crippen molar-refractivity contribution in [3.63, 3.8) is 0 Å². The van der Waals surface area contributed by atoms with E-state index in [4.69, 9.17) is 4.52 Å². The summed E-state index contributed by atoms with van der Waals surface area (Å²) in [5.74, 6) is 0.953. The van der Waals surface area contributed by atoms with E-state index in [1.807, 2.05) is 19.1 Å². The number of sulfonamides is 1. The van der Waals surface area contributed by atoms with Gasteiger partial charge < -0.3 is 9.42 Å². The molecule has 1 amide bonds. The normalized spacial score (nSPS) is 15.9. The van der Waals surface area contributed by atoms with E-state index in [0.29, 0.717) is 49.2 Å². The summed E-state index contributed by atoms with van der Waals surface area (Å²) in [5.41, 5.74) is 1.64. The number of amides is 1. The molecule has 0 aliphatic carbocycles. The molecule has 0 radical (unpaired) electrons. The largest absolute Gasteiger partial charge is 0.340 e. The van der Waals surface area contributed by atoms with Gasteiger partial charge in [0.05, 0.1) is 4.90 Å². The quantitative estimate of drug-likeness (QED) is 0.764. The maximum absolute atomic E-state index is 12.9. The summed E-state index contributed by atoms with van der Waals surface area (Å²) in [6, 6.07) is 5.42. The summed E-state index contributed by atoms with van der Waals surface area (Å²) in [5, 5.41) is 3.70. The fraction of sp³-hybridized carbons (Fsp3) is 0.500. The van der Waals surface area contributed by atoms with Crippen LogP contribution in [0, 0.1) is 20.8 Å². The van der Waals surface area contributed by atoms with E-state index in [2.05, 4.69) is 10.1 Å². The smallest absolute Gasteiger partial charge is 0.243 e. The molecule has 3 rings (SSSR count). The van der Waals surface area contributed by atoms with E-state index in [-0.39, 0.29) is 12.3 Å². The van der Waals surface area contributed by atoms with E-state index in [0.717, 1.165) is 11.1 Å². The van der Waals surface area contributed by atoms with Crippen LogP contribution >= 0.6 is 0 Å². The maximum Gasteiger partial charge on any atom is 0.243 e. The number of benzene rings is 1. The number of aryl methyl sites for hydroxylation is 4. The summed E-state index contributed by atoms with van der Waals surface area (Å²) in [4.78, 5) is 18.5. The average Bonchev–Trinajstić information content (AvgIpc) is 3.07. The van der Waals surface area contributed by atoms with Crippen molar-refractivity contribution in [3.05, 3.63) is 41.0 Å². The van der Waals surface area contributed by atoms with Crippen LogP contribution in [0.25, 0.3) is 0 Å². The minimum atomic E-state index is -3.55. The molecule has 0 spiro atoms. The van der Waals surface area contributed by atoms with Gasteiger partial charge in [0.25, 0.3) is 0 Å². The zero-order valence-electron chi connectivity index (χ0n) is 15.8. The van der Waals surface area contributed by atoms with Crippen molar-refractivity contribution in [2.45, 2.75) is 38.5 Å². The van der Waals surface area contributed by atoms with Gasteiger partial charge in [0.15, 0.2) is 5.82 Å². The molecule has 2 aromatic rings. The highest BCUT2D eigenvalue weighted by Gasteiger charge is 2.31. The third kappa shape index (κ3) is 4.36. The van der Waals surface area contributed by atoms with E-state index in [1.54, 1.807) is 24.8 Å². The molecule has 1 aromatic heterocycles. The minimum Gasteiger partial charge on any atom is -0.340 e. The Hall–Kier alpha value is -2.26. The first-order chi connectivity index (χ1) is 12.8. The van der Waals surface area contributed by atoms with Gasteiger partial charge in [-0.15, -0.1) is 0 Å². The Morgan fingerprint density at radius 3 is 2.48 bits per heavy atom. The number of hydrogen-bond donors (Lipinski definition) is 0. The van der Waals surface area contributed by atoms with Crippen LogP contribution in [0.15, 0.2) is 27.6 Å². The molecular formula is C18H24N4O4S. The lowest BCUT2D eigenvalue weighted by molar-refractivity contribution is -0.132. The van der Waals surface area contributed by atoms with Gasteiger partial charge in [-0.1, -0.05) is 17.3 Å². The summed E-state index contributed by atoms with van der Waals surface area (Å²) in [6.45, 7) is 6.75. The minimum absolute atomic E-state index is 0.0327. The molecule has 0 atom stereocenters. The van der Waals surface area contributed by atoms with Crippen LogP contribution < -0.4 is 0 Å². The lowest BCUT2D eigenvalue weighted by Crippen LogP contribution is -2.50. The summed E-state index contributed by atoms with van der Waals surface area (Å²) < 4.78 is 32.4. The van der Waals surface area contributed by atoms with E-state index in [9.17, 15) is 13.2 Å². The van der Waals surface area contributed by atoms with Crippen LogP contribution in [0.1, 0.15) is 29.3 Å². The molecule has 1 aromatic carbocycles. The van der Waals surface area contributed by atoms with Crippen LogP contribution in [0.5, 0.6) is 0 Å². The van der Waals surface area contributed by atoms with Gasteiger partial charge in [0.2, 0.25) is 21.8 Å².